The Bertz CT molecular complexity index is 667. The molecule has 4 rings (SSSR count). The first-order chi connectivity index (χ1) is 9.11. The van der Waals surface area contributed by atoms with E-state index in [-0.39, 0.29) is 11.3 Å². The fraction of sp³-hybridized carbons (Fsp3) is 0.0769. The number of nitrogens with zero attached hydrogens (tertiary/aromatic N) is 1. The minimum absolute atomic E-state index is 0.163. The molecule has 19 heavy (non-hydrogen) atoms. The Balaban J connectivity index is 2.07. The summed E-state index contributed by atoms with van der Waals surface area (Å²) < 4.78 is 0. The van der Waals surface area contributed by atoms with Gasteiger partial charge < -0.3 is 20.4 Å². The largest absolute Gasteiger partial charge is 0.504 e. The van der Waals surface area contributed by atoms with E-state index in [0.717, 1.165) is 11.3 Å². The first kappa shape index (κ1) is 10.3. The van der Waals surface area contributed by atoms with Crippen LogP contribution in [0, 0.1) is 0 Å². The van der Waals surface area contributed by atoms with E-state index in [0.29, 0.717) is 0 Å². The van der Waals surface area contributed by atoms with Crippen molar-refractivity contribution in [2.24, 2.45) is 0 Å². The molecular formula is C13H9NO5. The molecule has 0 saturated heterocycles. The maximum absolute atomic E-state index is 9.94. The van der Waals surface area contributed by atoms with Gasteiger partial charge in [-0.05, 0) is 6.07 Å². The van der Waals surface area contributed by atoms with E-state index in [2.05, 4.69) is 0 Å². The molecule has 4 N–H and O–H groups in total. The number of fused-ring (bicyclic) bond motifs is 8. The molecule has 96 valence electrons. The van der Waals surface area contributed by atoms with Crippen LogP contribution in [0.4, 0.5) is 11.4 Å². The summed E-state index contributed by atoms with van der Waals surface area (Å²) in [7, 11) is 0. The van der Waals surface area contributed by atoms with Gasteiger partial charge in [-0.3, -0.25) is 4.84 Å². The molecule has 1 atom stereocenters. The van der Waals surface area contributed by atoms with E-state index >= 15 is 0 Å². The predicted octanol–water partition coefficient (Wildman–Crippen LogP) is 2.00. The van der Waals surface area contributed by atoms with Gasteiger partial charge in [0.1, 0.15) is 11.8 Å². The van der Waals surface area contributed by atoms with E-state index in [1.54, 1.807) is 6.07 Å². The van der Waals surface area contributed by atoms with Gasteiger partial charge in [-0.15, -0.1) is 0 Å². The van der Waals surface area contributed by atoms with E-state index in [4.69, 9.17) is 4.84 Å². The second kappa shape index (κ2) is 3.04. The van der Waals surface area contributed by atoms with Gasteiger partial charge in [0, 0.05) is 5.56 Å². The van der Waals surface area contributed by atoms with Crippen molar-refractivity contribution in [2.45, 2.75) is 6.10 Å². The number of rotatable bonds is 0. The molecule has 2 aromatic rings. The molecule has 2 heterocycles. The van der Waals surface area contributed by atoms with Crippen molar-refractivity contribution in [2.75, 3.05) is 5.06 Å². The van der Waals surface area contributed by atoms with Gasteiger partial charge in [-0.25, -0.2) is 5.06 Å². The molecule has 0 aliphatic carbocycles. The summed E-state index contributed by atoms with van der Waals surface area (Å²) in [5.74, 6) is -2.49. The Hall–Kier alpha value is -2.60. The maximum Gasteiger partial charge on any atom is 0.206 e. The number of para-hydroxylation sites is 1. The van der Waals surface area contributed by atoms with E-state index in [9.17, 15) is 20.4 Å². The average Bonchev–Trinajstić information content (AvgIpc) is 2.99. The second-order valence-corrected chi connectivity index (χ2v) is 4.50. The number of anilines is 2. The molecule has 0 aromatic heterocycles. The summed E-state index contributed by atoms with van der Waals surface area (Å²) in [5.41, 5.74) is 1.98. The predicted molar refractivity (Wildman–Crippen MR) is 64.6 cm³/mol. The quantitative estimate of drug-likeness (QED) is 0.427. The van der Waals surface area contributed by atoms with Gasteiger partial charge in [0.2, 0.25) is 11.5 Å². The first-order valence-corrected chi connectivity index (χ1v) is 5.66. The zero-order valence-corrected chi connectivity index (χ0v) is 9.53. The molecule has 2 aliphatic heterocycles. The van der Waals surface area contributed by atoms with E-state index in [1.165, 1.54) is 5.06 Å². The molecule has 0 saturated carbocycles. The lowest BCUT2D eigenvalue weighted by Gasteiger charge is -2.20. The third-order valence-electron chi connectivity index (χ3n) is 3.52. The fourth-order valence-corrected chi connectivity index (χ4v) is 2.65. The van der Waals surface area contributed by atoms with Crippen molar-refractivity contribution < 1.29 is 25.3 Å². The molecule has 2 bridgehead atoms. The summed E-state index contributed by atoms with van der Waals surface area (Å²) in [6.45, 7) is 0. The van der Waals surface area contributed by atoms with Crippen LogP contribution in [-0.4, -0.2) is 20.4 Å². The second-order valence-electron chi connectivity index (χ2n) is 4.50. The molecule has 2 aliphatic rings. The van der Waals surface area contributed by atoms with Crippen LogP contribution in [0.1, 0.15) is 17.2 Å². The van der Waals surface area contributed by atoms with Gasteiger partial charge in [-0.2, -0.15) is 0 Å². The molecular weight excluding hydrogens is 250 g/mol. The molecule has 0 amide bonds. The molecule has 2 aromatic carbocycles. The van der Waals surface area contributed by atoms with Crippen LogP contribution in [0.15, 0.2) is 24.3 Å². The fourth-order valence-electron chi connectivity index (χ4n) is 2.65. The van der Waals surface area contributed by atoms with Crippen LogP contribution in [0.5, 0.6) is 23.0 Å². The molecule has 0 fully saturated rings. The number of phenols is 4. The summed E-state index contributed by atoms with van der Waals surface area (Å²) in [4.78, 5) is 5.58. The van der Waals surface area contributed by atoms with Crippen molar-refractivity contribution >= 4 is 11.4 Å². The Kier molecular flexibility index (Phi) is 1.65. The topological polar surface area (TPSA) is 93.4 Å². The Morgan fingerprint density at radius 2 is 1.58 bits per heavy atom. The Morgan fingerprint density at radius 1 is 0.895 bits per heavy atom. The van der Waals surface area contributed by atoms with Crippen molar-refractivity contribution in [1.29, 1.82) is 0 Å². The van der Waals surface area contributed by atoms with Crippen LogP contribution in [0.25, 0.3) is 0 Å². The van der Waals surface area contributed by atoms with Gasteiger partial charge in [0.15, 0.2) is 11.5 Å². The highest BCUT2D eigenvalue weighted by Gasteiger charge is 2.47. The molecule has 6 heteroatoms. The molecule has 1 unspecified atom stereocenters. The Labute approximate surface area is 107 Å². The number of benzene rings is 2. The number of hydrogen-bond donors (Lipinski definition) is 4. The highest BCUT2D eigenvalue weighted by molar-refractivity contribution is 5.87. The first-order valence-electron chi connectivity index (χ1n) is 5.66. The molecule has 0 spiro atoms. The zero-order chi connectivity index (χ0) is 13.3. The lowest BCUT2D eigenvalue weighted by Crippen LogP contribution is -2.07. The summed E-state index contributed by atoms with van der Waals surface area (Å²) in [6, 6.07) is 7.29. The van der Waals surface area contributed by atoms with Gasteiger partial charge in [0.25, 0.3) is 0 Å². The standard InChI is InChI=1S/C13H9NO5/c15-9-7-8(10(16)12(18)11(9)17)14-6-4-2-1-3-5(6)13(7)19-14/h1-4,13,15-18H. The van der Waals surface area contributed by atoms with Crippen molar-refractivity contribution in [3.05, 3.63) is 35.4 Å². The number of phenolic OH excluding ortho intramolecular Hbond substituents is 4. The van der Waals surface area contributed by atoms with Gasteiger partial charge >= 0.3 is 0 Å². The zero-order valence-electron chi connectivity index (χ0n) is 9.53. The van der Waals surface area contributed by atoms with Gasteiger partial charge in [0.05, 0.1) is 11.3 Å². The van der Waals surface area contributed by atoms with Crippen molar-refractivity contribution in [3.8, 4) is 23.0 Å². The third kappa shape index (κ3) is 1.01. The monoisotopic (exact) mass is 259 g/mol. The lowest BCUT2D eigenvalue weighted by atomic mass is 9.94. The number of hydrogen-bond acceptors (Lipinski definition) is 6. The van der Waals surface area contributed by atoms with Crippen LogP contribution in [-0.2, 0) is 4.84 Å². The Morgan fingerprint density at radius 3 is 2.37 bits per heavy atom. The highest BCUT2D eigenvalue weighted by Crippen LogP contribution is 2.64. The molecule has 0 radical (unpaired) electrons. The van der Waals surface area contributed by atoms with Crippen LogP contribution < -0.4 is 5.06 Å². The maximum atomic E-state index is 9.94. The van der Waals surface area contributed by atoms with Gasteiger partial charge in [-0.1, -0.05) is 18.2 Å². The summed E-state index contributed by atoms with van der Waals surface area (Å²) >= 11 is 0. The van der Waals surface area contributed by atoms with E-state index < -0.39 is 29.1 Å². The highest BCUT2D eigenvalue weighted by atomic mass is 16.7. The smallest absolute Gasteiger partial charge is 0.206 e. The van der Waals surface area contributed by atoms with Crippen LogP contribution in [0.3, 0.4) is 0 Å². The third-order valence-corrected chi connectivity index (χ3v) is 3.52. The van der Waals surface area contributed by atoms with Crippen LogP contribution in [0.2, 0.25) is 0 Å². The minimum Gasteiger partial charge on any atom is -0.504 e. The summed E-state index contributed by atoms with van der Waals surface area (Å²) in [6.07, 6.45) is -0.594. The van der Waals surface area contributed by atoms with Crippen LogP contribution >= 0.6 is 0 Å². The average molecular weight is 259 g/mol. The molecule has 6 nitrogen and oxygen atoms in total. The number of aromatic hydroxyl groups is 4. The van der Waals surface area contributed by atoms with Crippen molar-refractivity contribution in [1.82, 2.24) is 0 Å². The van der Waals surface area contributed by atoms with E-state index in [1.807, 2.05) is 18.2 Å². The lowest BCUT2D eigenvalue weighted by molar-refractivity contribution is 0.125. The summed E-state index contributed by atoms with van der Waals surface area (Å²) in [5, 5.41) is 40.4. The van der Waals surface area contributed by atoms with Crippen molar-refractivity contribution in [3.63, 3.8) is 0 Å². The minimum atomic E-state index is -0.759. The normalized spacial score (nSPS) is 18.5. The SMILES string of the molecule is Oc1c(O)c(O)c2c(c1O)C1ON2c2ccccc21.